The molecule has 204 valence electrons. The zero-order chi connectivity index (χ0) is 29.0. The number of benzene rings is 9. The first kappa shape index (κ1) is 24.8. The lowest BCUT2D eigenvalue weighted by molar-refractivity contribution is 1.63. The molecule has 0 aliphatic carbocycles. The molecule has 0 aliphatic heterocycles. The molecule has 0 heteroatoms. The van der Waals surface area contributed by atoms with Gasteiger partial charge in [0.25, 0.3) is 0 Å². The first-order valence-electron chi connectivity index (χ1n) is 15.3. The Morgan fingerprint density at radius 3 is 1.27 bits per heavy atom. The summed E-state index contributed by atoms with van der Waals surface area (Å²) in [4.78, 5) is 0. The SMILES string of the molecule is c1ccc(-c2cc(-c3cc4ccccc4c4ccccc34)cc3cc(-c4cc5ccccc5c5ccccc45)ccc23)cc1. The number of hydrogen-bond donors (Lipinski definition) is 0. The highest BCUT2D eigenvalue weighted by Gasteiger charge is 2.14. The van der Waals surface area contributed by atoms with E-state index < -0.39 is 0 Å². The van der Waals surface area contributed by atoms with Gasteiger partial charge in [-0.1, -0.05) is 140 Å². The van der Waals surface area contributed by atoms with Crippen LogP contribution in [-0.2, 0) is 0 Å². The van der Waals surface area contributed by atoms with Crippen molar-refractivity contribution >= 4 is 53.9 Å². The normalized spacial score (nSPS) is 11.6. The predicted octanol–water partition coefficient (Wildman–Crippen LogP) is 12.5. The highest BCUT2D eigenvalue weighted by atomic mass is 14.2. The van der Waals surface area contributed by atoms with Crippen molar-refractivity contribution in [3.05, 3.63) is 170 Å². The van der Waals surface area contributed by atoms with Gasteiger partial charge in [0.2, 0.25) is 0 Å². The van der Waals surface area contributed by atoms with E-state index in [1.807, 2.05) is 0 Å². The Hall–Kier alpha value is -5.72. The van der Waals surface area contributed by atoms with Crippen molar-refractivity contribution in [3.8, 4) is 33.4 Å². The van der Waals surface area contributed by atoms with Gasteiger partial charge in [-0.2, -0.15) is 0 Å². The van der Waals surface area contributed by atoms with Crippen molar-refractivity contribution in [1.82, 2.24) is 0 Å². The fraction of sp³-hybridized carbons (Fsp3) is 0. The van der Waals surface area contributed by atoms with Crippen LogP contribution in [0, 0.1) is 0 Å². The van der Waals surface area contributed by atoms with E-state index in [4.69, 9.17) is 0 Å². The molecule has 0 nitrogen and oxygen atoms in total. The standard InChI is InChI=1S/C44H28/c1-2-12-29(13-3-1)42-28-34(44-27-31-15-5-7-17-36(31)39-19-9-11-21-41(39)44)25-33-24-32(22-23-37(33)42)43-26-30-14-4-6-16-35(30)38-18-8-10-20-40(38)43/h1-28H. The monoisotopic (exact) mass is 556 g/mol. The van der Waals surface area contributed by atoms with Gasteiger partial charge < -0.3 is 0 Å². The number of rotatable bonds is 3. The fourth-order valence-electron chi connectivity index (χ4n) is 7.14. The van der Waals surface area contributed by atoms with Crippen LogP contribution in [0.4, 0.5) is 0 Å². The van der Waals surface area contributed by atoms with Crippen LogP contribution in [0.3, 0.4) is 0 Å². The van der Waals surface area contributed by atoms with E-state index in [0.717, 1.165) is 0 Å². The van der Waals surface area contributed by atoms with Gasteiger partial charge in [-0.25, -0.2) is 0 Å². The summed E-state index contributed by atoms with van der Waals surface area (Å²) in [6.07, 6.45) is 0. The first-order valence-corrected chi connectivity index (χ1v) is 15.3. The molecule has 0 saturated carbocycles. The molecule has 0 amide bonds. The molecule has 9 aromatic rings. The van der Waals surface area contributed by atoms with E-state index in [1.165, 1.54) is 87.2 Å². The van der Waals surface area contributed by atoms with Gasteiger partial charge in [0.15, 0.2) is 0 Å². The first-order chi connectivity index (χ1) is 21.8. The average molecular weight is 557 g/mol. The van der Waals surface area contributed by atoms with Crippen LogP contribution in [0.1, 0.15) is 0 Å². The summed E-state index contributed by atoms with van der Waals surface area (Å²) in [6, 6.07) is 62.4. The smallest absolute Gasteiger partial charge is 0.00986 e. The molecule has 9 aromatic carbocycles. The minimum atomic E-state index is 1.23. The second-order valence-corrected chi connectivity index (χ2v) is 11.7. The van der Waals surface area contributed by atoms with Crippen molar-refractivity contribution in [3.63, 3.8) is 0 Å². The third-order valence-electron chi connectivity index (χ3n) is 9.20. The zero-order valence-electron chi connectivity index (χ0n) is 24.2. The molecule has 0 aromatic heterocycles. The maximum atomic E-state index is 2.39. The quantitative estimate of drug-likeness (QED) is 0.190. The van der Waals surface area contributed by atoms with E-state index in [0.29, 0.717) is 0 Å². The molecule has 0 unspecified atom stereocenters. The second-order valence-electron chi connectivity index (χ2n) is 11.7. The van der Waals surface area contributed by atoms with Gasteiger partial charge in [-0.15, -0.1) is 0 Å². The Labute approximate surface area is 256 Å². The van der Waals surface area contributed by atoms with Gasteiger partial charge in [-0.05, 0) is 118 Å². The minimum Gasteiger partial charge on any atom is -0.0622 e. The molecule has 44 heavy (non-hydrogen) atoms. The molecule has 0 heterocycles. The Balaban J connectivity index is 1.35. The van der Waals surface area contributed by atoms with E-state index in [9.17, 15) is 0 Å². The van der Waals surface area contributed by atoms with Gasteiger partial charge >= 0.3 is 0 Å². The molecule has 0 saturated heterocycles. The van der Waals surface area contributed by atoms with Crippen LogP contribution >= 0.6 is 0 Å². The molecule has 0 aliphatic rings. The van der Waals surface area contributed by atoms with Gasteiger partial charge in [0.05, 0.1) is 0 Å². The third-order valence-corrected chi connectivity index (χ3v) is 9.20. The molecule has 0 radical (unpaired) electrons. The molecule has 0 N–H and O–H groups in total. The lowest BCUT2D eigenvalue weighted by Gasteiger charge is -2.16. The lowest BCUT2D eigenvalue weighted by Crippen LogP contribution is -1.89. The molecular weight excluding hydrogens is 528 g/mol. The highest BCUT2D eigenvalue weighted by Crippen LogP contribution is 2.42. The predicted molar refractivity (Wildman–Crippen MR) is 190 cm³/mol. The number of hydrogen-bond acceptors (Lipinski definition) is 0. The van der Waals surface area contributed by atoms with Crippen LogP contribution in [0.15, 0.2) is 170 Å². The molecule has 9 rings (SSSR count). The minimum absolute atomic E-state index is 1.23. The van der Waals surface area contributed by atoms with Crippen LogP contribution in [0.2, 0.25) is 0 Å². The molecule has 0 spiro atoms. The van der Waals surface area contributed by atoms with Crippen molar-refractivity contribution in [2.75, 3.05) is 0 Å². The van der Waals surface area contributed by atoms with Gasteiger partial charge in [0.1, 0.15) is 0 Å². The molecule has 0 bridgehead atoms. The maximum Gasteiger partial charge on any atom is -0.00986 e. The topological polar surface area (TPSA) is 0 Å². The Bertz CT molecular complexity index is 2530. The van der Waals surface area contributed by atoms with Gasteiger partial charge in [0, 0.05) is 0 Å². The average Bonchev–Trinajstić information content (AvgIpc) is 3.10. The number of fused-ring (bicyclic) bond motifs is 7. The van der Waals surface area contributed by atoms with E-state index in [-0.39, 0.29) is 0 Å². The summed E-state index contributed by atoms with van der Waals surface area (Å²) in [5.41, 5.74) is 7.49. The van der Waals surface area contributed by atoms with Crippen LogP contribution in [0.25, 0.3) is 87.2 Å². The largest absolute Gasteiger partial charge is 0.0622 e. The van der Waals surface area contributed by atoms with Crippen LogP contribution < -0.4 is 0 Å². The van der Waals surface area contributed by atoms with E-state index in [2.05, 4.69) is 170 Å². The summed E-state index contributed by atoms with van der Waals surface area (Å²) in [5, 5.41) is 12.8. The van der Waals surface area contributed by atoms with E-state index in [1.54, 1.807) is 0 Å². The van der Waals surface area contributed by atoms with Crippen molar-refractivity contribution in [2.45, 2.75) is 0 Å². The Morgan fingerprint density at radius 2 is 0.659 bits per heavy atom. The maximum absolute atomic E-state index is 2.39. The van der Waals surface area contributed by atoms with Gasteiger partial charge in [-0.3, -0.25) is 0 Å². The Morgan fingerprint density at radius 1 is 0.205 bits per heavy atom. The van der Waals surface area contributed by atoms with Crippen molar-refractivity contribution in [2.24, 2.45) is 0 Å². The third kappa shape index (κ3) is 3.92. The summed E-state index contributed by atoms with van der Waals surface area (Å²) in [5.74, 6) is 0. The second kappa shape index (κ2) is 9.93. The van der Waals surface area contributed by atoms with Crippen LogP contribution in [0.5, 0.6) is 0 Å². The summed E-state index contributed by atoms with van der Waals surface area (Å²) in [7, 11) is 0. The van der Waals surface area contributed by atoms with Crippen molar-refractivity contribution in [1.29, 1.82) is 0 Å². The zero-order valence-corrected chi connectivity index (χ0v) is 24.2. The summed E-state index contributed by atoms with van der Waals surface area (Å²) < 4.78 is 0. The molecule has 0 fully saturated rings. The van der Waals surface area contributed by atoms with Crippen LogP contribution in [-0.4, -0.2) is 0 Å². The summed E-state index contributed by atoms with van der Waals surface area (Å²) >= 11 is 0. The Kier molecular flexibility index (Phi) is 5.61. The van der Waals surface area contributed by atoms with Crippen molar-refractivity contribution < 1.29 is 0 Å². The summed E-state index contributed by atoms with van der Waals surface area (Å²) in [6.45, 7) is 0. The molecule has 0 atom stereocenters. The van der Waals surface area contributed by atoms with E-state index >= 15 is 0 Å². The lowest BCUT2D eigenvalue weighted by atomic mass is 9.87. The highest BCUT2D eigenvalue weighted by molar-refractivity contribution is 6.16. The molecular formula is C44H28. The fourth-order valence-corrected chi connectivity index (χ4v) is 7.14.